The number of rotatable bonds is 1. The van der Waals surface area contributed by atoms with E-state index in [1.54, 1.807) is 0 Å². The summed E-state index contributed by atoms with van der Waals surface area (Å²) in [4.78, 5) is 0. The molecule has 1 fully saturated rings. The van der Waals surface area contributed by atoms with Crippen LogP contribution in [0.4, 0.5) is 0 Å². The molecule has 1 saturated heterocycles. The summed E-state index contributed by atoms with van der Waals surface area (Å²) in [6.07, 6.45) is 2.18. The third-order valence-electron chi connectivity index (χ3n) is 2.71. The van der Waals surface area contributed by atoms with E-state index >= 15 is 0 Å². The lowest BCUT2D eigenvalue weighted by atomic mass is 9.74. The molecule has 0 amide bonds. The Morgan fingerprint density at radius 2 is 1.91 bits per heavy atom. The summed E-state index contributed by atoms with van der Waals surface area (Å²) in [7, 11) is 0. The standard InChI is InChI=1S/C9H15NS/c1-8(2)9(7-10)3-5-11-6-4-9/h8H,3-6H2,1-2H3. The minimum absolute atomic E-state index is 0.00521. The lowest BCUT2D eigenvalue weighted by molar-refractivity contribution is 0.255. The van der Waals surface area contributed by atoms with Gasteiger partial charge in [-0.2, -0.15) is 17.0 Å². The molecule has 0 saturated carbocycles. The van der Waals surface area contributed by atoms with Gasteiger partial charge in [0, 0.05) is 0 Å². The Balaban J connectivity index is 2.67. The SMILES string of the molecule is CC(C)C1(C#N)CCSCC1. The Kier molecular flexibility index (Phi) is 2.84. The Morgan fingerprint density at radius 1 is 1.36 bits per heavy atom. The normalized spacial score (nSPS) is 23.1. The second-order valence-corrected chi connectivity index (χ2v) is 4.76. The summed E-state index contributed by atoms with van der Waals surface area (Å²) >= 11 is 1.98. The summed E-state index contributed by atoms with van der Waals surface area (Å²) in [6.45, 7) is 4.33. The van der Waals surface area contributed by atoms with Gasteiger partial charge < -0.3 is 0 Å². The molecule has 0 aromatic rings. The van der Waals surface area contributed by atoms with E-state index in [1.165, 1.54) is 11.5 Å². The van der Waals surface area contributed by atoms with E-state index in [9.17, 15) is 0 Å². The first-order valence-electron chi connectivity index (χ1n) is 4.20. The highest BCUT2D eigenvalue weighted by Crippen LogP contribution is 2.40. The molecule has 0 spiro atoms. The molecule has 0 radical (unpaired) electrons. The molecule has 0 unspecified atom stereocenters. The third-order valence-corrected chi connectivity index (χ3v) is 3.70. The van der Waals surface area contributed by atoms with Crippen molar-refractivity contribution in [3.05, 3.63) is 0 Å². The quantitative estimate of drug-likeness (QED) is 0.602. The molecule has 1 aliphatic rings. The maximum atomic E-state index is 9.05. The molecule has 1 nitrogen and oxygen atoms in total. The molecule has 0 N–H and O–H groups in total. The zero-order valence-electron chi connectivity index (χ0n) is 7.26. The first kappa shape index (κ1) is 8.93. The highest BCUT2D eigenvalue weighted by Gasteiger charge is 2.35. The van der Waals surface area contributed by atoms with E-state index in [4.69, 9.17) is 5.26 Å². The lowest BCUT2D eigenvalue weighted by Gasteiger charge is -2.33. The highest BCUT2D eigenvalue weighted by atomic mass is 32.2. The van der Waals surface area contributed by atoms with E-state index in [0.717, 1.165) is 12.8 Å². The predicted octanol–water partition coefficient (Wildman–Crippen LogP) is 2.68. The van der Waals surface area contributed by atoms with Crippen LogP contribution in [0, 0.1) is 22.7 Å². The van der Waals surface area contributed by atoms with E-state index in [0.29, 0.717) is 5.92 Å². The van der Waals surface area contributed by atoms with Crippen LogP contribution in [0.2, 0.25) is 0 Å². The van der Waals surface area contributed by atoms with Crippen molar-refractivity contribution in [1.82, 2.24) is 0 Å². The van der Waals surface area contributed by atoms with Crippen molar-refractivity contribution < 1.29 is 0 Å². The van der Waals surface area contributed by atoms with Crippen molar-refractivity contribution >= 4 is 11.8 Å². The molecule has 0 bridgehead atoms. The molecule has 1 heterocycles. The van der Waals surface area contributed by atoms with Crippen LogP contribution >= 0.6 is 11.8 Å². The van der Waals surface area contributed by atoms with E-state index in [1.807, 2.05) is 11.8 Å². The van der Waals surface area contributed by atoms with Crippen molar-refractivity contribution in [2.75, 3.05) is 11.5 Å². The molecule has 2 heteroatoms. The van der Waals surface area contributed by atoms with Crippen LogP contribution in [0.5, 0.6) is 0 Å². The largest absolute Gasteiger partial charge is 0.198 e. The Morgan fingerprint density at radius 3 is 2.18 bits per heavy atom. The second kappa shape index (κ2) is 3.49. The Labute approximate surface area is 73.2 Å². The topological polar surface area (TPSA) is 23.8 Å². The molecule has 0 aromatic carbocycles. The zero-order chi connectivity index (χ0) is 8.32. The molecule has 0 atom stereocenters. The molecular formula is C9H15NS. The zero-order valence-corrected chi connectivity index (χ0v) is 8.08. The number of hydrogen-bond donors (Lipinski definition) is 0. The first-order chi connectivity index (χ1) is 5.21. The van der Waals surface area contributed by atoms with Crippen molar-refractivity contribution in [3.63, 3.8) is 0 Å². The van der Waals surface area contributed by atoms with Gasteiger partial charge in [-0.3, -0.25) is 0 Å². The van der Waals surface area contributed by atoms with E-state index < -0.39 is 0 Å². The first-order valence-corrected chi connectivity index (χ1v) is 5.36. The fourth-order valence-electron chi connectivity index (χ4n) is 1.55. The van der Waals surface area contributed by atoms with Crippen LogP contribution in [-0.4, -0.2) is 11.5 Å². The molecule has 0 aliphatic carbocycles. The third kappa shape index (κ3) is 1.70. The van der Waals surface area contributed by atoms with Crippen molar-refractivity contribution in [1.29, 1.82) is 5.26 Å². The fourth-order valence-corrected chi connectivity index (χ4v) is 2.78. The van der Waals surface area contributed by atoms with Crippen molar-refractivity contribution in [3.8, 4) is 6.07 Å². The molecule has 62 valence electrons. The highest BCUT2D eigenvalue weighted by molar-refractivity contribution is 7.99. The Hall–Kier alpha value is -0.160. The maximum absolute atomic E-state index is 9.05. The van der Waals surface area contributed by atoms with Crippen molar-refractivity contribution in [2.45, 2.75) is 26.7 Å². The smallest absolute Gasteiger partial charge is 0.0693 e. The van der Waals surface area contributed by atoms with Crippen LogP contribution in [0.25, 0.3) is 0 Å². The van der Waals surface area contributed by atoms with Crippen LogP contribution in [0.1, 0.15) is 26.7 Å². The molecular weight excluding hydrogens is 154 g/mol. The number of nitrogens with zero attached hydrogens (tertiary/aromatic N) is 1. The molecule has 0 aromatic heterocycles. The molecule has 1 rings (SSSR count). The van der Waals surface area contributed by atoms with Gasteiger partial charge in [0.15, 0.2) is 0 Å². The van der Waals surface area contributed by atoms with Gasteiger partial charge in [-0.05, 0) is 30.3 Å². The van der Waals surface area contributed by atoms with Gasteiger partial charge in [-0.1, -0.05) is 13.8 Å². The van der Waals surface area contributed by atoms with Gasteiger partial charge in [0.1, 0.15) is 0 Å². The average molecular weight is 169 g/mol. The second-order valence-electron chi connectivity index (χ2n) is 3.54. The average Bonchev–Trinajstić information content (AvgIpc) is 2.05. The maximum Gasteiger partial charge on any atom is 0.0693 e. The van der Waals surface area contributed by atoms with Crippen LogP contribution in [-0.2, 0) is 0 Å². The number of nitriles is 1. The van der Waals surface area contributed by atoms with Crippen LogP contribution < -0.4 is 0 Å². The van der Waals surface area contributed by atoms with Crippen LogP contribution in [0.15, 0.2) is 0 Å². The lowest BCUT2D eigenvalue weighted by Crippen LogP contribution is -2.29. The van der Waals surface area contributed by atoms with Gasteiger partial charge in [0.25, 0.3) is 0 Å². The summed E-state index contributed by atoms with van der Waals surface area (Å²) in [5.74, 6) is 2.87. The van der Waals surface area contributed by atoms with Crippen molar-refractivity contribution in [2.24, 2.45) is 11.3 Å². The molecule has 1 aliphatic heterocycles. The number of hydrogen-bond acceptors (Lipinski definition) is 2. The monoisotopic (exact) mass is 169 g/mol. The van der Waals surface area contributed by atoms with Gasteiger partial charge in [0.2, 0.25) is 0 Å². The summed E-state index contributed by atoms with van der Waals surface area (Å²) in [6, 6.07) is 2.50. The van der Waals surface area contributed by atoms with Gasteiger partial charge in [-0.15, -0.1) is 0 Å². The Bertz CT molecular complexity index is 163. The summed E-state index contributed by atoms with van der Waals surface area (Å²) in [5.41, 5.74) is 0.00521. The van der Waals surface area contributed by atoms with E-state index in [2.05, 4.69) is 19.9 Å². The van der Waals surface area contributed by atoms with Gasteiger partial charge in [-0.25, -0.2) is 0 Å². The predicted molar refractivity (Wildman–Crippen MR) is 49.4 cm³/mol. The summed E-state index contributed by atoms with van der Waals surface area (Å²) in [5, 5.41) is 9.05. The van der Waals surface area contributed by atoms with Crippen LogP contribution in [0.3, 0.4) is 0 Å². The minimum Gasteiger partial charge on any atom is -0.198 e. The molecule has 11 heavy (non-hydrogen) atoms. The fraction of sp³-hybridized carbons (Fsp3) is 0.889. The van der Waals surface area contributed by atoms with E-state index in [-0.39, 0.29) is 5.41 Å². The number of thioether (sulfide) groups is 1. The van der Waals surface area contributed by atoms with Gasteiger partial charge in [0.05, 0.1) is 11.5 Å². The minimum atomic E-state index is 0.00521. The summed E-state index contributed by atoms with van der Waals surface area (Å²) < 4.78 is 0. The van der Waals surface area contributed by atoms with Gasteiger partial charge >= 0.3 is 0 Å².